The van der Waals surface area contributed by atoms with Crippen LogP contribution in [0.3, 0.4) is 0 Å². The Balaban J connectivity index is 1.72. The van der Waals surface area contributed by atoms with Gasteiger partial charge in [0.05, 0.1) is 12.8 Å². The monoisotopic (exact) mass is 459 g/mol. The number of nitrogens with one attached hydrogen (secondary N) is 1. The van der Waals surface area contributed by atoms with E-state index in [2.05, 4.69) is 41.1 Å². The molecule has 1 saturated heterocycles. The summed E-state index contributed by atoms with van der Waals surface area (Å²) >= 11 is 5.29. The molecule has 2 amide bonds. The highest BCUT2D eigenvalue weighted by Gasteiger charge is 2.34. The van der Waals surface area contributed by atoms with Gasteiger partial charge in [0.25, 0.3) is 11.8 Å². The Labute approximate surface area is 198 Å². The van der Waals surface area contributed by atoms with E-state index in [4.69, 9.17) is 17.0 Å². The highest BCUT2D eigenvalue weighted by molar-refractivity contribution is 7.80. The number of carbonyl (C=O) groups is 2. The summed E-state index contributed by atoms with van der Waals surface area (Å²) in [5.41, 5.74) is 5.63. The van der Waals surface area contributed by atoms with E-state index < -0.39 is 11.8 Å². The molecule has 0 spiro atoms. The second kappa shape index (κ2) is 9.03. The second-order valence-corrected chi connectivity index (χ2v) is 8.22. The van der Waals surface area contributed by atoms with E-state index >= 15 is 0 Å². The van der Waals surface area contributed by atoms with Gasteiger partial charge in [-0.05, 0) is 92.2 Å². The number of methoxy groups -OCH3 is 1. The molecule has 1 aromatic heterocycles. The molecule has 1 aliphatic heterocycles. The molecule has 7 heteroatoms. The first-order valence-corrected chi connectivity index (χ1v) is 11.1. The molecule has 0 bridgehead atoms. The Morgan fingerprint density at radius 3 is 2.24 bits per heavy atom. The summed E-state index contributed by atoms with van der Waals surface area (Å²) < 4.78 is 7.30. The maximum absolute atomic E-state index is 13.3. The third-order valence-electron chi connectivity index (χ3n) is 5.81. The maximum Gasteiger partial charge on any atom is 0.270 e. The molecular weight excluding hydrogens is 434 g/mol. The number of hydrogen-bond donors (Lipinski definition) is 1. The van der Waals surface area contributed by atoms with Crippen molar-refractivity contribution < 1.29 is 14.3 Å². The number of thiocarbonyl (C=S) groups is 1. The van der Waals surface area contributed by atoms with Crippen molar-refractivity contribution in [3.05, 3.63) is 82.7 Å². The standard InChI is InChI=1S/C26H25N3O3S/c1-5-18-6-8-20(9-7-18)28-16(2)14-19(17(28)3)15-23-24(30)27-26(33)29(25(23)31)21-10-12-22(32-4)13-11-21/h6-15H,5H2,1-4H3,(H,27,30,33)/b23-15+. The van der Waals surface area contributed by atoms with Gasteiger partial charge in [0.1, 0.15) is 11.3 Å². The summed E-state index contributed by atoms with van der Waals surface area (Å²) in [5.74, 6) is -0.314. The van der Waals surface area contributed by atoms with E-state index in [1.165, 1.54) is 10.5 Å². The lowest BCUT2D eigenvalue weighted by Crippen LogP contribution is -2.54. The first-order chi connectivity index (χ1) is 15.8. The predicted molar refractivity (Wildman–Crippen MR) is 134 cm³/mol. The van der Waals surface area contributed by atoms with Crippen LogP contribution in [-0.4, -0.2) is 28.6 Å². The molecule has 0 saturated carbocycles. The third kappa shape index (κ3) is 4.19. The van der Waals surface area contributed by atoms with Crippen LogP contribution >= 0.6 is 12.2 Å². The number of benzene rings is 2. The molecule has 2 aromatic carbocycles. The number of nitrogens with zero attached hydrogens (tertiary/aromatic N) is 2. The Hall–Kier alpha value is -3.71. The van der Waals surface area contributed by atoms with Crippen LogP contribution in [0.5, 0.6) is 5.75 Å². The van der Waals surface area contributed by atoms with Gasteiger partial charge in [-0.1, -0.05) is 19.1 Å². The van der Waals surface area contributed by atoms with E-state index in [0.29, 0.717) is 11.4 Å². The molecule has 168 valence electrons. The van der Waals surface area contributed by atoms with Gasteiger partial charge in [-0.3, -0.25) is 19.8 Å². The Morgan fingerprint density at radius 1 is 1.00 bits per heavy atom. The molecule has 2 heterocycles. The predicted octanol–water partition coefficient (Wildman–Crippen LogP) is 4.50. The molecule has 0 unspecified atom stereocenters. The number of aromatic nitrogens is 1. The zero-order chi connectivity index (χ0) is 23.7. The van der Waals surface area contributed by atoms with Gasteiger partial charge < -0.3 is 9.30 Å². The van der Waals surface area contributed by atoms with E-state index in [0.717, 1.165) is 29.1 Å². The number of hydrogen-bond acceptors (Lipinski definition) is 4. The van der Waals surface area contributed by atoms with Crippen LogP contribution in [-0.2, 0) is 16.0 Å². The molecule has 1 N–H and O–H groups in total. The van der Waals surface area contributed by atoms with Crippen LogP contribution in [0.1, 0.15) is 29.4 Å². The summed E-state index contributed by atoms with van der Waals surface area (Å²) in [6, 6.07) is 17.3. The summed E-state index contributed by atoms with van der Waals surface area (Å²) in [6.45, 7) is 6.10. The Morgan fingerprint density at radius 2 is 1.64 bits per heavy atom. The van der Waals surface area contributed by atoms with Crippen molar-refractivity contribution in [2.24, 2.45) is 0 Å². The topological polar surface area (TPSA) is 63.6 Å². The molecule has 0 aliphatic carbocycles. The Kier molecular flexibility index (Phi) is 6.16. The summed E-state index contributed by atoms with van der Waals surface area (Å²) in [5, 5.41) is 2.68. The average Bonchev–Trinajstić information content (AvgIpc) is 3.09. The van der Waals surface area contributed by atoms with Crippen molar-refractivity contribution in [3.8, 4) is 11.4 Å². The zero-order valence-electron chi connectivity index (χ0n) is 19.0. The van der Waals surface area contributed by atoms with Gasteiger partial charge >= 0.3 is 0 Å². The maximum atomic E-state index is 13.3. The minimum absolute atomic E-state index is 0.0287. The van der Waals surface area contributed by atoms with Crippen LogP contribution in [0.15, 0.2) is 60.2 Å². The molecule has 4 rings (SSSR count). The van der Waals surface area contributed by atoms with Crippen molar-refractivity contribution in [2.45, 2.75) is 27.2 Å². The molecular formula is C26H25N3O3S. The molecule has 1 aliphatic rings. The van der Waals surface area contributed by atoms with Crippen LogP contribution in [0.4, 0.5) is 5.69 Å². The van der Waals surface area contributed by atoms with Gasteiger partial charge in [-0.2, -0.15) is 0 Å². The van der Waals surface area contributed by atoms with E-state index in [9.17, 15) is 9.59 Å². The number of ether oxygens (including phenoxy) is 1. The van der Waals surface area contributed by atoms with Crippen LogP contribution in [0.25, 0.3) is 11.8 Å². The van der Waals surface area contributed by atoms with Crippen molar-refractivity contribution in [1.82, 2.24) is 9.88 Å². The quantitative estimate of drug-likeness (QED) is 0.347. The van der Waals surface area contributed by atoms with Crippen molar-refractivity contribution in [3.63, 3.8) is 0 Å². The number of anilines is 1. The highest BCUT2D eigenvalue weighted by Crippen LogP contribution is 2.27. The van der Waals surface area contributed by atoms with Crippen LogP contribution in [0.2, 0.25) is 0 Å². The third-order valence-corrected chi connectivity index (χ3v) is 6.09. The van der Waals surface area contributed by atoms with Crippen molar-refractivity contribution in [2.75, 3.05) is 12.0 Å². The first kappa shape index (κ1) is 22.5. The normalized spacial score (nSPS) is 15.2. The largest absolute Gasteiger partial charge is 0.497 e. The number of amides is 2. The molecule has 3 aromatic rings. The van der Waals surface area contributed by atoms with E-state index in [1.54, 1.807) is 37.5 Å². The minimum atomic E-state index is -0.508. The molecule has 1 fully saturated rings. The van der Waals surface area contributed by atoms with Crippen molar-refractivity contribution in [1.29, 1.82) is 0 Å². The molecule has 0 atom stereocenters. The number of rotatable bonds is 5. The van der Waals surface area contributed by atoms with E-state index in [-0.39, 0.29) is 10.7 Å². The van der Waals surface area contributed by atoms with E-state index in [1.807, 2.05) is 19.9 Å². The lowest BCUT2D eigenvalue weighted by atomic mass is 10.1. The molecule has 0 radical (unpaired) electrons. The summed E-state index contributed by atoms with van der Waals surface area (Å²) in [4.78, 5) is 27.3. The smallest absolute Gasteiger partial charge is 0.270 e. The van der Waals surface area contributed by atoms with Crippen molar-refractivity contribution >= 4 is 40.9 Å². The highest BCUT2D eigenvalue weighted by atomic mass is 32.1. The zero-order valence-corrected chi connectivity index (χ0v) is 19.8. The lowest BCUT2D eigenvalue weighted by molar-refractivity contribution is -0.122. The fraction of sp³-hybridized carbons (Fsp3) is 0.192. The van der Waals surface area contributed by atoms with Gasteiger partial charge in [-0.25, -0.2) is 0 Å². The summed E-state index contributed by atoms with van der Waals surface area (Å²) in [7, 11) is 1.57. The number of carbonyl (C=O) groups excluding carboxylic acids is 2. The lowest BCUT2D eigenvalue weighted by Gasteiger charge is -2.29. The fourth-order valence-corrected chi connectivity index (χ4v) is 4.27. The van der Waals surface area contributed by atoms with Gasteiger partial charge in [0.2, 0.25) is 0 Å². The van der Waals surface area contributed by atoms with Gasteiger partial charge in [0, 0.05) is 17.1 Å². The fourth-order valence-electron chi connectivity index (χ4n) is 3.99. The minimum Gasteiger partial charge on any atom is -0.497 e. The Bertz CT molecular complexity index is 1270. The second-order valence-electron chi connectivity index (χ2n) is 7.84. The molecule has 6 nitrogen and oxygen atoms in total. The number of aryl methyl sites for hydroxylation is 2. The van der Waals surface area contributed by atoms with Gasteiger partial charge in [-0.15, -0.1) is 0 Å². The van der Waals surface area contributed by atoms with Gasteiger partial charge in [0.15, 0.2) is 5.11 Å². The molecule has 33 heavy (non-hydrogen) atoms. The first-order valence-electron chi connectivity index (χ1n) is 10.7. The average molecular weight is 460 g/mol. The van der Waals surface area contributed by atoms with Crippen LogP contribution < -0.4 is 15.0 Å². The van der Waals surface area contributed by atoms with Crippen LogP contribution in [0, 0.1) is 13.8 Å². The summed E-state index contributed by atoms with van der Waals surface area (Å²) in [6.07, 6.45) is 2.61. The SMILES string of the molecule is CCc1ccc(-n2c(C)cc(/C=C3\C(=O)NC(=S)N(c4ccc(OC)cc4)C3=O)c2C)cc1.